The van der Waals surface area contributed by atoms with Crippen molar-refractivity contribution in [2.75, 3.05) is 11.9 Å². The topological polar surface area (TPSA) is 61.6 Å². The summed E-state index contributed by atoms with van der Waals surface area (Å²) in [6.07, 6.45) is 1.85. The lowest BCUT2D eigenvalue weighted by atomic mass is 9.98. The van der Waals surface area contributed by atoms with Crippen LogP contribution in [-0.2, 0) is 0 Å². The van der Waals surface area contributed by atoms with Gasteiger partial charge in [0.1, 0.15) is 23.8 Å². The van der Waals surface area contributed by atoms with Crippen LogP contribution in [0, 0.1) is 0 Å². The maximum atomic E-state index is 6.58. The van der Waals surface area contributed by atoms with E-state index >= 15 is 0 Å². The first kappa shape index (κ1) is 27.4. The molecule has 2 unspecified atom stereocenters. The minimum absolute atomic E-state index is 0.147. The molecule has 0 radical (unpaired) electrons. The molecule has 0 aliphatic carbocycles. The molecule has 4 heterocycles. The Bertz CT molecular complexity index is 2600. The van der Waals surface area contributed by atoms with Gasteiger partial charge in [0.25, 0.3) is 0 Å². The summed E-state index contributed by atoms with van der Waals surface area (Å²) in [5.41, 5.74) is 7.61. The van der Waals surface area contributed by atoms with Crippen molar-refractivity contribution in [3.63, 3.8) is 0 Å². The monoisotopic (exact) mass is 638 g/mol. The summed E-state index contributed by atoms with van der Waals surface area (Å²) in [6, 6.07) is 47.1. The zero-order chi connectivity index (χ0) is 31.6. The summed E-state index contributed by atoms with van der Waals surface area (Å²) in [7, 11) is 0. The zero-order valence-corrected chi connectivity index (χ0v) is 26.7. The summed E-state index contributed by atoms with van der Waals surface area (Å²) in [6.45, 7) is 0.705. The molecule has 2 atom stereocenters. The Hall–Kier alpha value is -5.69. The van der Waals surface area contributed by atoms with Gasteiger partial charge in [-0.05, 0) is 57.3 Å². The van der Waals surface area contributed by atoms with E-state index in [0.29, 0.717) is 6.54 Å². The van der Waals surface area contributed by atoms with Gasteiger partial charge in [0, 0.05) is 32.3 Å². The van der Waals surface area contributed by atoms with Crippen molar-refractivity contribution >= 4 is 76.4 Å². The van der Waals surface area contributed by atoms with E-state index < -0.39 is 0 Å². The van der Waals surface area contributed by atoms with Crippen molar-refractivity contribution in [2.24, 2.45) is 4.99 Å². The average molecular weight is 639 g/mol. The third-order valence-corrected chi connectivity index (χ3v) is 10.8. The van der Waals surface area contributed by atoms with Gasteiger partial charge in [-0.3, -0.25) is 5.32 Å². The Morgan fingerprint density at radius 2 is 1.48 bits per heavy atom. The lowest BCUT2D eigenvalue weighted by Gasteiger charge is -2.32. The Balaban J connectivity index is 1.08. The average Bonchev–Trinajstić information content (AvgIpc) is 3.73. The minimum Gasteiger partial charge on any atom is -0.454 e. The summed E-state index contributed by atoms with van der Waals surface area (Å²) >= 11 is 1.86. The van der Waals surface area contributed by atoms with E-state index in [1.165, 1.54) is 42.1 Å². The first-order valence-electron chi connectivity index (χ1n) is 16.3. The Morgan fingerprint density at radius 3 is 2.42 bits per heavy atom. The third-order valence-electron chi connectivity index (χ3n) is 9.59. The highest BCUT2D eigenvalue weighted by molar-refractivity contribution is 7.26. The molecule has 0 bridgehead atoms. The lowest BCUT2D eigenvalue weighted by Crippen LogP contribution is -2.45. The molecule has 3 N–H and O–H groups in total. The normalized spacial score (nSPS) is 17.6. The fourth-order valence-electron chi connectivity index (χ4n) is 7.27. The number of amidine groups is 1. The quantitative estimate of drug-likeness (QED) is 0.180. The minimum atomic E-state index is -0.224. The molecule has 230 valence electrons. The smallest absolute Gasteiger partial charge is 0.151 e. The van der Waals surface area contributed by atoms with E-state index in [4.69, 9.17) is 9.41 Å². The highest BCUT2D eigenvalue weighted by Gasteiger charge is 2.29. The van der Waals surface area contributed by atoms with Crippen molar-refractivity contribution in [3.8, 4) is 0 Å². The molecule has 6 heteroatoms. The van der Waals surface area contributed by atoms with E-state index in [2.05, 4.69) is 149 Å². The Morgan fingerprint density at radius 1 is 0.688 bits per heavy atom. The fraction of sp³-hybridized carbons (Fsp3) is 0.0714. The second-order valence-electron chi connectivity index (χ2n) is 12.5. The van der Waals surface area contributed by atoms with Gasteiger partial charge in [0.15, 0.2) is 5.76 Å². The van der Waals surface area contributed by atoms with Crippen LogP contribution in [0.5, 0.6) is 0 Å². The molecule has 0 fully saturated rings. The number of anilines is 1. The fourth-order valence-corrected chi connectivity index (χ4v) is 8.52. The summed E-state index contributed by atoms with van der Waals surface area (Å²) in [5, 5.41) is 17.4. The molecule has 10 rings (SSSR count). The van der Waals surface area contributed by atoms with Crippen LogP contribution in [-0.4, -0.2) is 12.4 Å². The van der Waals surface area contributed by atoms with E-state index in [0.717, 1.165) is 44.9 Å². The SMILES string of the molecule is C1=C(c2cccc3c2sc2ccccc23)CNc2c1oc1cccc(C3=NC(c4ccccc4)NC(c4ccc5ccccc5c4)N3)c21. The van der Waals surface area contributed by atoms with E-state index in [9.17, 15) is 0 Å². The molecule has 48 heavy (non-hydrogen) atoms. The zero-order valence-electron chi connectivity index (χ0n) is 25.9. The van der Waals surface area contributed by atoms with Crippen LogP contribution in [0.3, 0.4) is 0 Å². The van der Waals surface area contributed by atoms with Crippen LogP contribution in [0.4, 0.5) is 5.69 Å². The number of fused-ring (bicyclic) bond motifs is 7. The van der Waals surface area contributed by atoms with Gasteiger partial charge in [-0.15, -0.1) is 11.3 Å². The summed E-state index contributed by atoms with van der Waals surface area (Å²) in [4.78, 5) is 5.27. The first-order valence-corrected chi connectivity index (χ1v) is 17.1. The van der Waals surface area contributed by atoms with E-state index in [-0.39, 0.29) is 12.3 Å². The van der Waals surface area contributed by atoms with Crippen LogP contribution < -0.4 is 16.0 Å². The van der Waals surface area contributed by atoms with Crippen molar-refractivity contribution in [2.45, 2.75) is 12.3 Å². The molecule has 0 saturated heterocycles. The van der Waals surface area contributed by atoms with E-state index in [1.807, 2.05) is 17.4 Å². The van der Waals surface area contributed by atoms with Crippen LogP contribution in [0.2, 0.25) is 0 Å². The standard InChI is InChI=1S/C42H30N4OS/c1-2-11-26(12-3-1)40-44-41(28-21-20-25-10-4-5-13-27(25)22-28)46-42(45-40)33-17-9-18-34-37(33)38-35(47-34)23-29(24-43-38)30-15-8-16-32-31-14-6-7-19-36(31)48-39(30)32/h1-23,40-41,43-44H,24H2,(H,45,46). The van der Waals surface area contributed by atoms with Crippen LogP contribution in [0.1, 0.15) is 40.3 Å². The van der Waals surface area contributed by atoms with Gasteiger partial charge in [-0.1, -0.05) is 115 Å². The summed E-state index contributed by atoms with van der Waals surface area (Å²) < 4.78 is 9.20. The van der Waals surface area contributed by atoms with Crippen molar-refractivity contribution in [3.05, 3.63) is 161 Å². The second-order valence-corrected chi connectivity index (χ2v) is 13.5. The van der Waals surface area contributed by atoms with Gasteiger partial charge >= 0.3 is 0 Å². The van der Waals surface area contributed by atoms with Crippen molar-refractivity contribution in [1.29, 1.82) is 0 Å². The highest BCUT2D eigenvalue weighted by Crippen LogP contribution is 2.43. The molecule has 2 aliphatic heterocycles. The van der Waals surface area contributed by atoms with Crippen molar-refractivity contribution in [1.82, 2.24) is 10.6 Å². The van der Waals surface area contributed by atoms with Gasteiger partial charge in [0.2, 0.25) is 0 Å². The third kappa shape index (κ3) is 4.45. The van der Waals surface area contributed by atoms with Gasteiger partial charge in [-0.25, -0.2) is 4.99 Å². The van der Waals surface area contributed by atoms with Crippen LogP contribution >= 0.6 is 11.3 Å². The maximum Gasteiger partial charge on any atom is 0.151 e. The Kier molecular flexibility index (Phi) is 6.25. The summed E-state index contributed by atoms with van der Waals surface area (Å²) in [5.74, 6) is 1.68. The maximum absolute atomic E-state index is 6.58. The number of hydrogen-bond donors (Lipinski definition) is 3. The molecular weight excluding hydrogens is 609 g/mol. The first-order chi connectivity index (χ1) is 23.8. The predicted molar refractivity (Wildman–Crippen MR) is 201 cm³/mol. The largest absolute Gasteiger partial charge is 0.454 e. The molecular formula is C42H30N4OS. The molecule has 0 saturated carbocycles. The van der Waals surface area contributed by atoms with Gasteiger partial charge in [-0.2, -0.15) is 0 Å². The second kappa shape index (κ2) is 10.9. The predicted octanol–water partition coefficient (Wildman–Crippen LogP) is 10.3. The molecule has 5 nitrogen and oxygen atoms in total. The molecule has 2 aromatic heterocycles. The van der Waals surface area contributed by atoms with Gasteiger partial charge < -0.3 is 15.1 Å². The molecule has 0 amide bonds. The molecule has 8 aromatic rings. The number of aliphatic imine (C=N–C) groups is 1. The molecule has 2 aliphatic rings. The number of furan rings is 1. The highest BCUT2D eigenvalue weighted by atomic mass is 32.1. The van der Waals surface area contributed by atoms with Crippen LogP contribution in [0.25, 0.3) is 53.6 Å². The Labute approximate surface area is 281 Å². The number of rotatable bonds is 4. The number of nitrogens with one attached hydrogen (secondary N) is 3. The number of nitrogens with zero attached hydrogens (tertiary/aromatic N) is 1. The number of thiophene rings is 1. The van der Waals surface area contributed by atoms with E-state index in [1.54, 1.807) is 0 Å². The van der Waals surface area contributed by atoms with Gasteiger partial charge in [0.05, 0.1) is 11.1 Å². The molecule has 6 aromatic carbocycles. The lowest BCUT2D eigenvalue weighted by molar-refractivity contribution is 0.409. The molecule has 0 spiro atoms. The number of hydrogen-bond acceptors (Lipinski definition) is 6. The number of benzene rings is 6. The van der Waals surface area contributed by atoms with Crippen LogP contribution in [0.15, 0.2) is 143 Å². The van der Waals surface area contributed by atoms with Crippen molar-refractivity contribution < 1.29 is 4.42 Å².